The second-order valence-electron chi connectivity index (χ2n) is 7.18. The predicted molar refractivity (Wildman–Crippen MR) is 114 cm³/mol. The zero-order valence-electron chi connectivity index (χ0n) is 15.9. The van der Waals surface area contributed by atoms with E-state index in [0.29, 0.717) is 28.9 Å². The lowest BCUT2D eigenvalue weighted by Gasteiger charge is -2.25. The lowest BCUT2D eigenvalue weighted by Crippen LogP contribution is -2.23. The molecule has 2 aromatic carbocycles. The van der Waals surface area contributed by atoms with E-state index in [0.717, 1.165) is 26.4 Å². The molecule has 4 aromatic rings. The molecule has 0 unspecified atom stereocenters. The fraction of sp³-hybridized carbons (Fsp3) is 0.130. The Hall–Kier alpha value is -3.25. The van der Waals surface area contributed by atoms with Crippen LogP contribution in [0.2, 0.25) is 0 Å². The van der Waals surface area contributed by atoms with Crippen molar-refractivity contribution in [3.05, 3.63) is 97.7 Å². The number of benzene rings is 2. The van der Waals surface area contributed by atoms with Crippen LogP contribution >= 0.6 is 11.3 Å². The minimum Gasteiger partial charge on any atom is -0.507 e. The van der Waals surface area contributed by atoms with Gasteiger partial charge in [0.15, 0.2) is 0 Å². The van der Waals surface area contributed by atoms with Crippen molar-refractivity contribution < 1.29 is 9.50 Å². The molecule has 0 fully saturated rings. The number of aryl methyl sites for hydroxylation is 2. The standard InChI is InChI=1S/C23H17FN2O2S/c1-12-13(2)29-23-18(12)22(28)25-21-19(20(27)14-7-9-16(24)10-8-14)17-6-4-3-5-15(17)11-26(21)23/h3-10,27H,11H2,1-2H3/b20-19+. The molecular formula is C23H17FN2O2S. The third kappa shape index (κ3) is 2.63. The van der Waals surface area contributed by atoms with Gasteiger partial charge in [-0.05, 0) is 54.8 Å². The Bertz CT molecular complexity index is 1380. The van der Waals surface area contributed by atoms with Crippen molar-refractivity contribution in [3.8, 4) is 0 Å². The van der Waals surface area contributed by atoms with Gasteiger partial charge in [-0.15, -0.1) is 11.3 Å². The van der Waals surface area contributed by atoms with E-state index in [1.165, 1.54) is 24.3 Å². The summed E-state index contributed by atoms with van der Waals surface area (Å²) in [6.07, 6.45) is 0. The molecular weight excluding hydrogens is 387 g/mol. The van der Waals surface area contributed by atoms with Gasteiger partial charge in [0.2, 0.25) is 0 Å². The molecule has 1 aliphatic heterocycles. The maximum atomic E-state index is 13.4. The number of fused-ring (bicyclic) bond motifs is 4. The lowest BCUT2D eigenvalue weighted by molar-refractivity contribution is 0.512. The summed E-state index contributed by atoms with van der Waals surface area (Å²) in [6.45, 7) is 4.50. The third-order valence-electron chi connectivity index (χ3n) is 5.48. The van der Waals surface area contributed by atoms with Crippen LogP contribution < -0.4 is 5.56 Å². The molecule has 144 valence electrons. The maximum Gasteiger partial charge on any atom is 0.282 e. The van der Waals surface area contributed by atoms with E-state index < -0.39 is 0 Å². The summed E-state index contributed by atoms with van der Waals surface area (Å²) >= 11 is 1.56. The first-order valence-corrected chi connectivity index (χ1v) is 10.1. The summed E-state index contributed by atoms with van der Waals surface area (Å²) in [6, 6.07) is 13.4. The molecule has 6 heteroatoms. The van der Waals surface area contributed by atoms with Crippen molar-refractivity contribution in [2.45, 2.75) is 20.4 Å². The molecule has 0 amide bonds. The molecule has 3 heterocycles. The SMILES string of the molecule is Cc1sc2c(c1C)c(=O)nc1n2Cc2ccccc2/C1=C(\O)c1ccc(F)cc1. The van der Waals surface area contributed by atoms with Gasteiger partial charge < -0.3 is 9.67 Å². The highest BCUT2D eigenvalue weighted by atomic mass is 32.1. The minimum absolute atomic E-state index is 0.0258. The van der Waals surface area contributed by atoms with Crippen molar-refractivity contribution in [2.75, 3.05) is 0 Å². The highest BCUT2D eigenvalue weighted by molar-refractivity contribution is 7.18. The van der Waals surface area contributed by atoms with Gasteiger partial charge in [-0.1, -0.05) is 24.3 Å². The van der Waals surface area contributed by atoms with Crippen LogP contribution in [0.3, 0.4) is 0 Å². The Kier molecular flexibility index (Phi) is 3.93. The molecule has 0 saturated carbocycles. The number of hydrogen-bond acceptors (Lipinski definition) is 4. The molecule has 5 rings (SSSR count). The first-order valence-electron chi connectivity index (χ1n) is 9.24. The Labute approximate surface area is 170 Å². The van der Waals surface area contributed by atoms with Crippen molar-refractivity contribution in [1.29, 1.82) is 0 Å². The van der Waals surface area contributed by atoms with Gasteiger partial charge in [0.05, 0.1) is 17.5 Å². The molecule has 0 aliphatic carbocycles. The summed E-state index contributed by atoms with van der Waals surface area (Å²) in [5.74, 6) is 0.0306. The highest BCUT2D eigenvalue weighted by Crippen LogP contribution is 2.39. The summed E-state index contributed by atoms with van der Waals surface area (Å²) in [5.41, 5.74) is 3.46. The van der Waals surface area contributed by atoms with Crippen LogP contribution in [-0.2, 0) is 6.54 Å². The Morgan fingerprint density at radius 1 is 1.14 bits per heavy atom. The number of nitrogens with zero attached hydrogens (tertiary/aromatic N) is 2. The number of aromatic nitrogens is 2. The fourth-order valence-electron chi connectivity index (χ4n) is 3.88. The van der Waals surface area contributed by atoms with Gasteiger partial charge in [0.1, 0.15) is 22.2 Å². The largest absolute Gasteiger partial charge is 0.507 e. The molecule has 4 nitrogen and oxygen atoms in total. The summed E-state index contributed by atoms with van der Waals surface area (Å²) in [4.78, 5) is 19.2. The second kappa shape index (κ2) is 6.39. The van der Waals surface area contributed by atoms with Crippen molar-refractivity contribution in [2.24, 2.45) is 0 Å². The van der Waals surface area contributed by atoms with Gasteiger partial charge in [-0.3, -0.25) is 4.79 Å². The van der Waals surface area contributed by atoms with Gasteiger partial charge >= 0.3 is 0 Å². The van der Waals surface area contributed by atoms with E-state index in [-0.39, 0.29) is 17.1 Å². The van der Waals surface area contributed by atoms with Crippen LogP contribution in [0.4, 0.5) is 4.39 Å². The number of thiophene rings is 1. The average molecular weight is 404 g/mol. The zero-order valence-corrected chi connectivity index (χ0v) is 16.7. The van der Waals surface area contributed by atoms with Crippen LogP contribution in [0.5, 0.6) is 0 Å². The number of aliphatic hydroxyl groups is 1. The smallest absolute Gasteiger partial charge is 0.282 e. The number of rotatable bonds is 1. The molecule has 0 atom stereocenters. The zero-order chi connectivity index (χ0) is 20.3. The van der Waals surface area contributed by atoms with E-state index in [9.17, 15) is 14.3 Å². The van der Waals surface area contributed by atoms with E-state index in [2.05, 4.69) is 4.98 Å². The molecule has 0 bridgehead atoms. The first-order chi connectivity index (χ1) is 14.0. The third-order valence-corrected chi connectivity index (χ3v) is 6.71. The number of halogens is 1. The van der Waals surface area contributed by atoms with Crippen molar-refractivity contribution >= 4 is 32.9 Å². The van der Waals surface area contributed by atoms with E-state index in [1.54, 1.807) is 11.3 Å². The molecule has 29 heavy (non-hydrogen) atoms. The van der Waals surface area contributed by atoms with Crippen molar-refractivity contribution in [3.63, 3.8) is 0 Å². The molecule has 1 N–H and O–H groups in total. The predicted octanol–water partition coefficient (Wildman–Crippen LogP) is 5.05. The monoisotopic (exact) mass is 404 g/mol. The van der Waals surface area contributed by atoms with Crippen LogP contribution in [0.25, 0.3) is 21.5 Å². The maximum absolute atomic E-state index is 13.4. The Morgan fingerprint density at radius 2 is 1.86 bits per heavy atom. The summed E-state index contributed by atoms with van der Waals surface area (Å²) < 4.78 is 15.4. The minimum atomic E-state index is -0.378. The Morgan fingerprint density at radius 3 is 2.62 bits per heavy atom. The van der Waals surface area contributed by atoms with E-state index in [4.69, 9.17) is 0 Å². The molecule has 1 aliphatic rings. The summed E-state index contributed by atoms with van der Waals surface area (Å²) in [7, 11) is 0. The average Bonchev–Trinajstić information content (AvgIpc) is 3.02. The lowest BCUT2D eigenvalue weighted by atomic mass is 9.92. The first kappa shape index (κ1) is 17.8. The molecule has 2 aromatic heterocycles. The summed E-state index contributed by atoms with van der Waals surface area (Å²) in [5, 5.41) is 11.8. The molecule has 0 saturated heterocycles. The Balaban J connectivity index is 1.90. The van der Waals surface area contributed by atoms with Gasteiger partial charge in [-0.25, -0.2) is 4.39 Å². The van der Waals surface area contributed by atoms with E-state index in [1.807, 2.05) is 42.7 Å². The van der Waals surface area contributed by atoms with Crippen molar-refractivity contribution in [1.82, 2.24) is 9.55 Å². The second-order valence-corrected chi connectivity index (χ2v) is 8.38. The van der Waals surface area contributed by atoms with Crippen LogP contribution in [0.1, 0.15) is 33.0 Å². The van der Waals surface area contributed by atoms with Crippen LogP contribution in [-0.4, -0.2) is 14.7 Å². The van der Waals surface area contributed by atoms with Gasteiger partial charge in [0, 0.05) is 10.4 Å². The number of hydrogen-bond donors (Lipinski definition) is 1. The highest BCUT2D eigenvalue weighted by Gasteiger charge is 2.28. The molecule has 0 radical (unpaired) electrons. The van der Waals surface area contributed by atoms with E-state index >= 15 is 0 Å². The van der Waals surface area contributed by atoms with Crippen LogP contribution in [0.15, 0.2) is 53.3 Å². The van der Waals surface area contributed by atoms with Gasteiger partial charge in [-0.2, -0.15) is 4.98 Å². The number of aliphatic hydroxyl groups excluding tert-OH is 1. The van der Waals surface area contributed by atoms with Gasteiger partial charge in [0.25, 0.3) is 5.56 Å². The topological polar surface area (TPSA) is 55.1 Å². The normalized spacial score (nSPS) is 14.6. The van der Waals surface area contributed by atoms with Crippen LogP contribution in [0, 0.1) is 19.7 Å². The fourth-order valence-corrected chi connectivity index (χ4v) is 5.02. The molecule has 0 spiro atoms. The quantitative estimate of drug-likeness (QED) is 0.398.